The van der Waals surface area contributed by atoms with Crippen LogP contribution in [0.4, 0.5) is 4.79 Å². The molecule has 1 aromatic carbocycles. The van der Waals surface area contributed by atoms with Crippen molar-refractivity contribution >= 4 is 12.0 Å². The number of carbonyl (C=O) groups excluding carboxylic acids is 2. The standard InChI is InChI=1S/C21H31N3O4/c1-13(2)18(24-20(26)28-21(5,6)7)19(25)23-14(3)15(4)27-17-10-8-16(12-22)9-11-17/h8-11,13-15,18H,1-7H3,(H,23,25)(H,24,26)/t14?,15?,18-/m0/s1. The Morgan fingerprint density at radius 2 is 1.61 bits per heavy atom. The quantitative estimate of drug-likeness (QED) is 0.744. The molecule has 2 N–H and O–H groups in total. The lowest BCUT2D eigenvalue weighted by molar-refractivity contribution is -0.125. The summed E-state index contributed by atoms with van der Waals surface area (Å²) in [5.74, 6) is 0.193. The van der Waals surface area contributed by atoms with Crippen LogP contribution in [0.25, 0.3) is 0 Å². The molecule has 0 heterocycles. The zero-order valence-corrected chi connectivity index (χ0v) is 17.7. The number of nitrogens with zero attached hydrogens (tertiary/aromatic N) is 1. The van der Waals surface area contributed by atoms with E-state index in [1.54, 1.807) is 45.0 Å². The minimum Gasteiger partial charge on any atom is -0.489 e. The Morgan fingerprint density at radius 1 is 1.04 bits per heavy atom. The molecule has 0 aliphatic rings. The Balaban J connectivity index is 2.67. The Kier molecular flexibility index (Phi) is 8.30. The number of nitriles is 1. The lowest BCUT2D eigenvalue weighted by Crippen LogP contribution is -2.54. The topological polar surface area (TPSA) is 100 Å². The van der Waals surface area contributed by atoms with E-state index >= 15 is 0 Å². The molecule has 7 heteroatoms. The number of benzene rings is 1. The molecular weight excluding hydrogens is 358 g/mol. The first-order valence-electron chi connectivity index (χ1n) is 9.39. The highest BCUT2D eigenvalue weighted by molar-refractivity contribution is 5.86. The van der Waals surface area contributed by atoms with Gasteiger partial charge in [0.15, 0.2) is 0 Å². The number of carbonyl (C=O) groups is 2. The van der Waals surface area contributed by atoms with Gasteiger partial charge in [0, 0.05) is 0 Å². The minimum atomic E-state index is -0.723. The summed E-state index contributed by atoms with van der Waals surface area (Å²) in [6, 6.07) is 7.80. The second kappa shape index (κ2) is 9.98. The highest BCUT2D eigenvalue weighted by Crippen LogP contribution is 2.15. The molecule has 0 spiro atoms. The summed E-state index contributed by atoms with van der Waals surface area (Å²) in [4.78, 5) is 24.7. The number of amides is 2. The van der Waals surface area contributed by atoms with Crippen LogP contribution in [0.15, 0.2) is 24.3 Å². The van der Waals surface area contributed by atoms with Gasteiger partial charge in [0.1, 0.15) is 23.5 Å². The summed E-state index contributed by atoms with van der Waals surface area (Å²) in [5.41, 5.74) is -0.0897. The summed E-state index contributed by atoms with van der Waals surface area (Å²) in [7, 11) is 0. The van der Waals surface area contributed by atoms with Crippen LogP contribution in [0.2, 0.25) is 0 Å². The lowest BCUT2D eigenvalue weighted by atomic mass is 10.0. The van der Waals surface area contributed by atoms with E-state index < -0.39 is 17.7 Å². The Labute approximate surface area is 167 Å². The highest BCUT2D eigenvalue weighted by Gasteiger charge is 2.28. The van der Waals surface area contributed by atoms with Gasteiger partial charge in [-0.05, 0) is 64.8 Å². The second-order valence-electron chi connectivity index (χ2n) is 8.12. The largest absolute Gasteiger partial charge is 0.489 e. The predicted molar refractivity (Wildman–Crippen MR) is 107 cm³/mol. The predicted octanol–water partition coefficient (Wildman–Crippen LogP) is 3.38. The normalized spacial score (nSPS) is 14.4. The third-order valence-electron chi connectivity index (χ3n) is 4.00. The third-order valence-corrected chi connectivity index (χ3v) is 4.00. The molecule has 2 unspecified atom stereocenters. The van der Waals surface area contributed by atoms with Crippen molar-refractivity contribution in [1.82, 2.24) is 10.6 Å². The molecule has 0 fully saturated rings. The van der Waals surface area contributed by atoms with Gasteiger partial charge in [-0.25, -0.2) is 4.79 Å². The van der Waals surface area contributed by atoms with Crippen molar-refractivity contribution in [3.8, 4) is 11.8 Å². The monoisotopic (exact) mass is 389 g/mol. The first-order chi connectivity index (χ1) is 12.9. The van der Waals surface area contributed by atoms with Gasteiger partial charge in [0.05, 0.1) is 17.7 Å². The Morgan fingerprint density at radius 3 is 2.07 bits per heavy atom. The fourth-order valence-corrected chi connectivity index (χ4v) is 2.33. The third kappa shape index (κ3) is 7.87. The molecule has 2 amide bonds. The van der Waals surface area contributed by atoms with Crippen LogP contribution in [-0.2, 0) is 9.53 Å². The van der Waals surface area contributed by atoms with Crippen molar-refractivity contribution in [3.05, 3.63) is 29.8 Å². The van der Waals surface area contributed by atoms with Crippen molar-refractivity contribution in [3.63, 3.8) is 0 Å². The van der Waals surface area contributed by atoms with Gasteiger partial charge in [0.2, 0.25) is 5.91 Å². The van der Waals surface area contributed by atoms with E-state index in [2.05, 4.69) is 16.7 Å². The molecule has 154 valence electrons. The molecule has 0 bridgehead atoms. The second-order valence-corrected chi connectivity index (χ2v) is 8.12. The lowest BCUT2D eigenvalue weighted by Gasteiger charge is -2.28. The van der Waals surface area contributed by atoms with Gasteiger partial charge in [-0.3, -0.25) is 4.79 Å². The Bertz CT molecular complexity index is 702. The maximum Gasteiger partial charge on any atom is 0.408 e. The molecule has 1 rings (SSSR count). The number of hydrogen-bond donors (Lipinski definition) is 2. The molecule has 1 aromatic rings. The van der Waals surface area contributed by atoms with E-state index in [4.69, 9.17) is 14.7 Å². The molecule has 0 aromatic heterocycles. The molecule has 3 atom stereocenters. The van der Waals surface area contributed by atoms with E-state index in [0.717, 1.165) is 0 Å². The summed E-state index contributed by atoms with van der Waals surface area (Å²) < 4.78 is 11.1. The molecule has 7 nitrogen and oxygen atoms in total. The van der Waals surface area contributed by atoms with Crippen LogP contribution in [0.5, 0.6) is 5.75 Å². The van der Waals surface area contributed by atoms with Gasteiger partial charge in [-0.1, -0.05) is 13.8 Å². The summed E-state index contributed by atoms with van der Waals surface area (Å²) >= 11 is 0. The number of nitrogens with one attached hydrogen (secondary N) is 2. The molecule has 0 aliphatic carbocycles. The van der Waals surface area contributed by atoms with Crippen molar-refractivity contribution in [2.75, 3.05) is 0 Å². The van der Waals surface area contributed by atoms with Crippen LogP contribution in [0, 0.1) is 17.2 Å². The molecule has 0 radical (unpaired) electrons. The smallest absolute Gasteiger partial charge is 0.408 e. The molecular formula is C21H31N3O4. The maximum atomic E-state index is 12.7. The number of ether oxygens (including phenoxy) is 2. The number of hydrogen-bond acceptors (Lipinski definition) is 5. The first kappa shape index (κ1) is 23.3. The van der Waals surface area contributed by atoms with Crippen LogP contribution < -0.4 is 15.4 Å². The van der Waals surface area contributed by atoms with Gasteiger partial charge in [-0.2, -0.15) is 5.26 Å². The van der Waals surface area contributed by atoms with E-state index in [0.29, 0.717) is 11.3 Å². The summed E-state index contributed by atoms with van der Waals surface area (Å²) in [5, 5.41) is 14.4. The highest BCUT2D eigenvalue weighted by atomic mass is 16.6. The summed E-state index contributed by atoms with van der Waals surface area (Å²) in [6.45, 7) is 12.7. The Hall–Kier alpha value is -2.75. The van der Waals surface area contributed by atoms with Gasteiger partial charge in [0.25, 0.3) is 0 Å². The van der Waals surface area contributed by atoms with Gasteiger partial charge in [-0.15, -0.1) is 0 Å². The summed E-state index contributed by atoms with van der Waals surface area (Å²) in [6.07, 6.45) is -0.942. The van der Waals surface area contributed by atoms with Crippen LogP contribution in [-0.4, -0.2) is 35.8 Å². The number of alkyl carbamates (subject to hydrolysis) is 1. The average Bonchev–Trinajstić information content (AvgIpc) is 2.58. The average molecular weight is 389 g/mol. The molecule has 28 heavy (non-hydrogen) atoms. The van der Waals surface area contributed by atoms with Gasteiger partial charge >= 0.3 is 6.09 Å². The first-order valence-corrected chi connectivity index (χ1v) is 9.39. The van der Waals surface area contributed by atoms with Crippen LogP contribution in [0.1, 0.15) is 54.0 Å². The SMILES string of the molecule is CC(NC(=O)[C@@H](NC(=O)OC(C)(C)C)C(C)C)C(C)Oc1ccc(C#N)cc1. The van der Waals surface area contributed by atoms with Crippen molar-refractivity contribution in [1.29, 1.82) is 5.26 Å². The molecule has 0 aliphatic heterocycles. The van der Waals surface area contributed by atoms with E-state index in [9.17, 15) is 9.59 Å². The van der Waals surface area contributed by atoms with Crippen LogP contribution in [0.3, 0.4) is 0 Å². The maximum absolute atomic E-state index is 12.7. The van der Waals surface area contributed by atoms with E-state index in [1.807, 2.05) is 27.7 Å². The van der Waals surface area contributed by atoms with Crippen molar-refractivity contribution < 1.29 is 19.1 Å². The number of rotatable bonds is 7. The zero-order chi connectivity index (χ0) is 21.5. The molecule has 0 saturated heterocycles. The van der Waals surface area contributed by atoms with Crippen molar-refractivity contribution in [2.24, 2.45) is 5.92 Å². The van der Waals surface area contributed by atoms with Crippen molar-refractivity contribution in [2.45, 2.75) is 72.3 Å². The fourth-order valence-electron chi connectivity index (χ4n) is 2.33. The fraction of sp³-hybridized carbons (Fsp3) is 0.571. The van der Waals surface area contributed by atoms with E-state index in [-0.39, 0.29) is 24.0 Å². The van der Waals surface area contributed by atoms with E-state index in [1.165, 1.54) is 0 Å². The zero-order valence-electron chi connectivity index (χ0n) is 17.7. The van der Waals surface area contributed by atoms with Crippen LogP contribution >= 0.6 is 0 Å². The van der Waals surface area contributed by atoms with Gasteiger partial charge < -0.3 is 20.1 Å². The minimum absolute atomic E-state index is 0.116. The molecule has 0 saturated carbocycles.